The van der Waals surface area contributed by atoms with Crippen LogP contribution < -0.4 is 14.2 Å². The van der Waals surface area contributed by atoms with Gasteiger partial charge in [0.15, 0.2) is 11.5 Å². The molecular weight excluding hydrogens is 413 g/mol. The van der Waals surface area contributed by atoms with Crippen LogP contribution in [-0.2, 0) is 26.2 Å². The summed E-state index contributed by atoms with van der Waals surface area (Å²) in [6.07, 6.45) is 0.687. The molecule has 150 valence electrons. The lowest BCUT2D eigenvalue weighted by Crippen LogP contribution is -2.30. The van der Waals surface area contributed by atoms with E-state index in [4.69, 9.17) is 25.8 Å². The van der Waals surface area contributed by atoms with Crippen molar-refractivity contribution in [2.24, 2.45) is 0 Å². The highest BCUT2D eigenvalue weighted by atomic mass is 35.5. The number of ether oxygens (including phenoxy) is 3. The number of carbonyl (C=O) groups excluding carboxylic acids is 1. The summed E-state index contributed by atoms with van der Waals surface area (Å²) in [5.41, 5.74) is 0.0169. The molecule has 0 atom stereocenters. The lowest BCUT2D eigenvalue weighted by atomic mass is 10.2. The van der Waals surface area contributed by atoms with Gasteiger partial charge in [0, 0.05) is 18.1 Å². The number of sulfonamides is 1. The number of halogens is 2. The molecule has 0 aliphatic carbocycles. The predicted molar refractivity (Wildman–Crippen MR) is 98.4 cm³/mol. The SMILES string of the molecule is O=C(CNS(=O)(=O)c1ccc2c(c1)OCCCO2)OCc1c(F)cccc1Cl. The van der Waals surface area contributed by atoms with E-state index in [1.807, 2.05) is 0 Å². The first-order valence-electron chi connectivity index (χ1n) is 8.34. The van der Waals surface area contributed by atoms with Crippen LogP contribution in [0.5, 0.6) is 11.5 Å². The molecule has 0 aromatic heterocycles. The third kappa shape index (κ3) is 4.92. The van der Waals surface area contributed by atoms with Crippen molar-refractivity contribution in [3.05, 3.63) is 52.8 Å². The maximum atomic E-state index is 13.7. The molecule has 0 saturated heterocycles. The van der Waals surface area contributed by atoms with E-state index in [2.05, 4.69) is 4.72 Å². The first-order valence-corrected chi connectivity index (χ1v) is 10.2. The van der Waals surface area contributed by atoms with Crippen molar-refractivity contribution >= 4 is 27.6 Å². The Morgan fingerprint density at radius 3 is 2.68 bits per heavy atom. The highest BCUT2D eigenvalue weighted by Crippen LogP contribution is 2.31. The third-order valence-electron chi connectivity index (χ3n) is 3.87. The van der Waals surface area contributed by atoms with Gasteiger partial charge in [-0.05, 0) is 24.3 Å². The highest BCUT2D eigenvalue weighted by molar-refractivity contribution is 7.89. The van der Waals surface area contributed by atoms with E-state index < -0.39 is 35.0 Å². The summed E-state index contributed by atoms with van der Waals surface area (Å²) in [6.45, 7) is -0.136. The molecule has 1 N–H and O–H groups in total. The number of esters is 1. The Bertz CT molecular complexity index is 962. The van der Waals surface area contributed by atoms with E-state index in [1.54, 1.807) is 0 Å². The number of rotatable bonds is 6. The Balaban J connectivity index is 1.60. The second-order valence-corrected chi connectivity index (χ2v) is 8.02. The first kappa shape index (κ1) is 20.4. The van der Waals surface area contributed by atoms with Gasteiger partial charge in [0.05, 0.1) is 23.1 Å². The van der Waals surface area contributed by atoms with Gasteiger partial charge < -0.3 is 14.2 Å². The topological polar surface area (TPSA) is 90.9 Å². The monoisotopic (exact) mass is 429 g/mol. The van der Waals surface area contributed by atoms with Gasteiger partial charge in [-0.15, -0.1) is 0 Å². The lowest BCUT2D eigenvalue weighted by Gasteiger charge is -2.11. The molecule has 7 nitrogen and oxygen atoms in total. The van der Waals surface area contributed by atoms with E-state index in [9.17, 15) is 17.6 Å². The van der Waals surface area contributed by atoms with Gasteiger partial charge in [-0.1, -0.05) is 17.7 Å². The van der Waals surface area contributed by atoms with Gasteiger partial charge in [-0.25, -0.2) is 12.8 Å². The third-order valence-corrected chi connectivity index (χ3v) is 5.63. The van der Waals surface area contributed by atoms with Crippen molar-refractivity contribution in [2.75, 3.05) is 19.8 Å². The van der Waals surface area contributed by atoms with E-state index in [0.717, 1.165) is 0 Å². The Labute approximate surface area is 166 Å². The number of hydrogen-bond donors (Lipinski definition) is 1. The number of hydrogen-bond acceptors (Lipinski definition) is 6. The number of nitrogens with one attached hydrogen (secondary N) is 1. The Hall–Kier alpha value is -2.36. The van der Waals surface area contributed by atoms with Crippen molar-refractivity contribution in [3.63, 3.8) is 0 Å². The van der Waals surface area contributed by atoms with Gasteiger partial charge in [0.25, 0.3) is 0 Å². The minimum absolute atomic E-state index is 0.0169. The van der Waals surface area contributed by atoms with Gasteiger partial charge in [-0.2, -0.15) is 4.72 Å². The van der Waals surface area contributed by atoms with Crippen molar-refractivity contribution in [1.29, 1.82) is 0 Å². The van der Waals surface area contributed by atoms with Crippen LogP contribution in [0.25, 0.3) is 0 Å². The average molecular weight is 430 g/mol. The number of benzene rings is 2. The van der Waals surface area contributed by atoms with Gasteiger partial charge in [0.2, 0.25) is 10.0 Å². The van der Waals surface area contributed by atoms with Crippen molar-refractivity contribution in [1.82, 2.24) is 4.72 Å². The summed E-state index contributed by atoms with van der Waals surface area (Å²) in [6, 6.07) is 8.23. The first-order chi connectivity index (χ1) is 13.4. The summed E-state index contributed by atoms with van der Waals surface area (Å²) in [5, 5.41) is 0.112. The summed E-state index contributed by atoms with van der Waals surface area (Å²) >= 11 is 5.85. The fourth-order valence-electron chi connectivity index (χ4n) is 2.42. The number of fused-ring (bicyclic) bond motifs is 1. The highest BCUT2D eigenvalue weighted by Gasteiger charge is 2.20. The van der Waals surface area contributed by atoms with E-state index >= 15 is 0 Å². The zero-order valence-corrected chi connectivity index (χ0v) is 16.2. The molecule has 0 amide bonds. The van der Waals surface area contributed by atoms with Crippen LogP contribution in [0.15, 0.2) is 41.3 Å². The molecule has 28 heavy (non-hydrogen) atoms. The molecule has 0 radical (unpaired) electrons. The van der Waals surface area contributed by atoms with E-state index in [0.29, 0.717) is 31.1 Å². The van der Waals surface area contributed by atoms with Crippen molar-refractivity contribution < 1.29 is 31.8 Å². The van der Waals surface area contributed by atoms with Gasteiger partial charge in [0.1, 0.15) is 19.0 Å². The zero-order chi connectivity index (χ0) is 20.1. The molecule has 0 saturated carbocycles. The lowest BCUT2D eigenvalue weighted by molar-refractivity contribution is -0.143. The van der Waals surface area contributed by atoms with Crippen LogP contribution in [-0.4, -0.2) is 34.1 Å². The zero-order valence-electron chi connectivity index (χ0n) is 14.6. The summed E-state index contributed by atoms with van der Waals surface area (Å²) in [5.74, 6) is -0.722. The Morgan fingerprint density at radius 2 is 1.93 bits per heavy atom. The second-order valence-electron chi connectivity index (χ2n) is 5.84. The molecule has 0 spiro atoms. The van der Waals surface area contributed by atoms with Crippen molar-refractivity contribution in [2.45, 2.75) is 17.9 Å². The quantitative estimate of drug-likeness (QED) is 0.710. The minimum Gasteiger partial charge on any atom is -0.490 e. The van der Waals surface area contributed by atoms with Gasteiger partial charge in [-0.3, -0.25) is 4.79 Å². The molecule has 3 rings (SSSR count). The normalized spacial score (nSPS) is 13.6. The van der Waals surface area contributed by atoms with Crippen LogP contribution in [0.1, 0.15) is 12.0 Å². The molecule has 1 aliphatic rings. The summed E-state index contributed by atoms with van der Waals surface area (Å²) in [7, 11) is -3.99. The molecule has 2 aromatic rings. The molecule has 1 heterocycles. The fraction of sp³-hybridized carbons (Fsp3) is 0.278. The van der Waals surface area contributed by atoms with Gasteiger partial charge >= 0.3 is 5.97 Å². The van der Waals surface area contributed by atoms with Crippen LogP contribution in [0, 0.1) is 5.82 Å². The largest absolute Gasteiger partial charge is 0.490 e. The molecule has 2 aromatic carbocycles. The van der Waals surface area contributed by atoms with Crippen LogP contribution in [0.3, 0.4) is 0 Å². The predicted octanol–water partition coefficient (Wildman–Crippen LogP) is 2.66. The van der Waals surface area contributed by atoms with Crippen molar-refractivity contribution in [3.8, 4) is 11.5 Å². The molecular formula is C18H17ClFNO6S. The molecule has 10 heteroatoms. The summed E-state index contributed by atoms with van der Waals surface area (Å²) < 4.78 is 56.4. The molecule has 0 unspecified atom stereocenters. The average Bonchev–Trinajstić information content (AvgIpc) is 2.91. The number of carbonyl (C=O) groups is 1. The summed E-state index contributed by atoms with van der Waals surface area (Å²) in [4.78, 5) is 11.8. The smallest absolute Gasteiger partial charge is 0.321 e. The Morgan fingerprint density at radius 1 is 1.18 bits per heavy atom. The maximum absolute atomic E-state index is 13.7. The van der Waals surface area contributed by atoms with Crippen LogP contribution in [0.2, 0.25) is 5.02 Å². The minimum atomic E-state index is -3.99. The van der Waals surface area contributed by atoms with E-state index in [1.165, 1.54) is 36.4 Å². The van der Waals surface area contributed by atoms with Crippen LogP contribution in [0.4, 0.5) is 4.39 Å². The Kier molecular flexibility index (Phi) is 6.38. The molecule has 0 fully saturated rings. The second kappa shape index (κ2) is 8.76. The van der Waals surface area contributed by atoms with E-state index in [-0.39, 0.29) is 15.5 Å². The molecule has 0 bridgehead atoms. The fourth-order valence-corrected chi connectivity index (χ4v) is 3.62. The maximum Gasteiger partial charge on any atom is 0.321 e. The molecule has 1 aliphatic heterocycles. The van der Waals surface area contributed by atoms with Crippen LogP contribution >= 0.6 is 11.6 Å². The standard InChI is InChI=1S/C18H17ClFNO6S/c19-14-3-1-4-15(20)13(14)11-27-18(22)10-21-28(23,24)12-5-6-16-17(9-12)26-8-2-7-25-16/h1,3-6,9,21H,2,7-8,10-11H2.